The normalized spacial score (nSPS) is 26.9. The summed E-state index contributed by atoms with van der Waals surface area (Å²) in [5.41, 5.74) is -4.17. The Bertz CT molecular complexity index is 608. The van der Waals surface area contributed by atoms with Gasteiger partial charge in [-0.25, -0.2) is 4.79 Å². The fourth-order valence-electron chi connectivity index (χ4n) is 1.95. The third-order valence-electron chi connectivity index (χ3n) is 2.97. The van der Waals surface area contributed by atoms with Crippen molar-refractivity contribution in [3.8, 4) is 0 Å². The molecule has 0 radical (unpaired) electrons. The number of nitrogens with zero attached hydrogens (tertiary/aromatic N) is 1. The number of aromatic amines is 1. The first-order valence-corrected chi connectivity index (χ1v) is 5.61. The van der Waals surface area contributed by atoms with Gasteiger partial charge in [-0.05, 0) is 0 Å². The van der Waals surface area contributed by atoms with Crippen molar-refractivity contribution in [2.24, 2.45) is 0 Å². The van der Waals surface area contributed by atoms with E-state index in [-0.39, 0.29) is 6.42 Å². The molecule has 0 aromatic carbocycles. The highest BCUT2D eigenvalue weighted by molar-refractivity contribution is 5.09. The Morgan fingerprint density at radius 2 is 2.10 bits per heavy atom. The van der Waals surface area contributed by atoms with Gasteiger partial charge in [0.25, 0.3) is 5.56 Å². The lowest BCUT2D eigenvalue weighted by atomic mass is 10.2. The summed E-state index contributed by atoms with van der Waals surface area (Å²) in [6.45, 7) is -0.540. The number of aliphatic hydroxyl groups is 2. The van der Waals surface area contributed by atoms with Crippen molar-refractivity contribution in [3.63, 3.8) is 0 Å². The molecule has 112 valence electrons. The molecule has 0 aliphatic carbocycles. The molecule has 10 heteroatoms. The van der Waals surface area contributed by atoms with Crippen LogP contribution in [0.4, 0.5) is 13.2 Å². The smallest absolute Gasteiger partial charge is 0.394 e. The third-order valence-corrected chi connectivity index (χ3v) is 2.97. The zero-order valence-corrected chi connectivity index (χ0v) is 9.92. The van der Waals surface area contributed by atoms with Crippen molar-refractivity contribution in [1.82, 2.24) is 9.55 Å². The number of halogens is 3. The summed E-state index contributed by atoms with van der Waals surface area (Å²) < 4.78 is 43.4. The molecule has 1 aromatic rings. The van der Waals surface area contributed by atoms with Gasteiger partial charge in [-0.15, -0.1) is 0 Å². The fraction of sp³-hybridized carbons (Fsp3) is 0.600. The molecule has 3 N–H and O–H groups in total. The highest BCUT2D eigenvalue weighted by atomic mass is 19.4. The molecule has 0 saturated carbocycles. The molecule has 1 aliphatic rings. The Morgan fingerprint density at radius 3 is 2.60 bits per heavy atom. The van der Waals surface area contributed by atoms with E-state index in [0.29, 0.717) is 10.8 Å². The summed E-state index contributed by atoms with van der Waals surface area (Å²) in [4.78, 5) is 24.2. The van der Waals surface area contributed by atoms with Crippen LogP contribution in [-0.2, 0) is 10.9 Å². The molecule has 2 rings (SSSR count). The maximum Gasteiger partial charge on any atom is 0.423 e. The van der Waals surface area contributed by atoms with Gasteiger partial charge in [0.1, 0.15) is 17.9 Å². The van der Waals surface area contributed by atoms with Gasteiger partial charge in [-0.1, -0.05) is 0 Å². The Balaban J connectivity index is 2.43. The van der Waals surface area contributed by atoms with Gasteiger partial charge in [0, 0.05) is 12.6 Å². The Hall–Kier alpha value is -1.65. The zero-order chi connectivity index (χ0) is 15.1. The lowest BCUT2D eigenvalue weighted by Gasteiger charge is -2.16. The largest absolute Gasteiger partial charge is 0.423 e. The molecule has 0 bridgehead atoms. The number of hydrogen-bond donors (Lipinski definition) is 3. The zero-order valence-electron chi connectivity index (χ0n) is 9.92. The SMILES string of the molecule is O=c1[nH]c(=O)n([C@@H]2C[C@@H](O)[C@H](CO)O2)cc1C(F)(F)F. The topological polar surface area (TPSA) is 105 Å². The van der Waals surface area contributed by atoms with Crippen LogP contribution in [0.2, 0.25) is 0 Å². The molecule has 3 atom stereocenters. The second-order valence-electron chi connectivity index (χ2n) is 4.32. The third kappa shape index (κ3) is 2.62. The Morgan fingerprint density at radius 1 is 1.45 bits per heavy atom. The monoisotopic (exact) mass is 296 g/mol. The van der Waals surface area contributed by atoms with Gasteiger partial charge in [0.15, 0.2) is 0 Å². The molecule has 1 aromatic heterocycles. The molecule has 7 nitrogen and oxygen atoms in total. The van der Waals surface area contributed by atoms with E-state index >= 15 is 0 Å². The minimum absolute atomic E-state index is 0.172. The maximum absolute atomic E-state index is 12.6. The van der Waals surface area contributed by atoms with E-state index in [9.17, 15) is 27.9 Å². The van der Waals surface area contributed by atoms with E-state index in [2.05, 4.69) is 0 Å². The van der Waals surface area contributed by atoms with Gasteiger partial charge in [0.2, 0.25) is 0 Å². The van der Waals surface area contributed by atoms with E-state index in [4.69, 9.17) is 9.84 Å². The Kier molecular flexibility index (Phi) is 3.71. The van der Waals surface area contributed by atoms with Crippen LogP contribution in [-0.4, -0.2) is 38.6 Å². The summed E-state index contributed by atoms with van der Waals surface area (Å²) in [6.07, 6.45) is -8.04. The van der Waals surface area contributed by atoms with Gasteiger partial charge in [-0.3, -0.25) is 14.3 Å². The summed E-state index contributed by atoms with van der Waals surface area (Å²) in [5.74, 6) is 0. The van der Waals surface area contributed by atoms with Crippen LogP contribution in [0.1, 0.15) is 18.2 Å². The second-order valence-corrected chi connectivity index (χ2v) is 4.32. The second kappa shape index (κ2) is 5.04. The van der Waals surface area contributed by atoms with Crippen LogP contribution < -0.4 is 11.2 Å². The fourth-order valence-corrected chi connectivity index (χ4v) is 1.95. The number of alkyl halides is 3. The minimum Gasteiger partial charge on any atom is -0.394 e. The van der Waals surface area contributed by atoms with Crippen LogP contribution in [0.5, 0.6) is 0 Å². The Labute approximate surface area is 109 Å². The number of ether oxygens (including phenoxy) is 1. The van der Waals surface area contributed by atoms with Gasteiger partial charge in [-0.2, -0.15) is 13.2 Å². The highest BCUT2D eigenvalue weighted by Crippen LogP contribution is 2.30. The molecule has 2 heterocycles. The minimum atomic E-state index is -4.92. The molecular weight excluding hydrogens is 285 g/mol. The van der Waals surface area contributed by atoms with E-state index in [1.807, 2.05) is 0 Å². The van der Waals surface area contributed by atoms with E-state index in [1.165, 1.54) is 0 Å². The van der Waals surface area contributed by atoms with Crippen molar-refractivity contribution >= 4 is 0 Å². The van der Waals surface area contributed by atoms with Gasteiger partial charge < -0.3 is 14.9 Å². The number of nitrogens with one attached hydrogen (secondary N) is 1. The van der Waals surface area contributed by atoms with Crippen molar-refractivity contribution in [1.29, 1.82) is 0 Å². The molecule has 1 saturated heterocycles. The predicted molar refractivity (Wildman–Crippen MR) is 57.9 cm³/mol. The quantitative estimate of drug-likeness (QED) is 0.662. The van der Waals surface area contributed by atoms with Crippen molar-refractivity contribution < 1.29 is 28.1 Å². The van der Waals surface area contributed by atoms with Crippen LogP contribution >= 0.6 is 0 Å². The first-order chi connectivity index (χ1) is 9.24. The number of hydrogen-bond acceptors (Lipinski definition) is 5. The molecule has 0 amide bonds. The summed E-state index contributed by atoms with van der Waals surface area (Å²) in [7, 11) is 0. The van der Waals surface area contributed by atoms with Crippen molar-refractivity contribution in [2.75, 3.05) is 6.61 Å². The lowest BCUT2D eigenvalue weighted by molar-refractivity contribution is -0.139. The van der Waals surface area contributed by atoms with E-state index < -0.39 is 48.0 Å². The lowest BCUT2D eigenvalue weighted by Crippen LogP contribution is -2.36. The van der Waals surface area contributed by atoms with E-state index in [1.54, 1.807) is 4.98 Å². The van der Waals surface area contributed by atoms with Gasteiger partial charge >= 0.3 is 11.9 Å². The average Bonchev–Trinajstić information content (AvgIpc) is 2.68. The summed E-state index contributed by atoms with van der Waals surface area (Å²) in [5, 5.41) is 18.4. The number of aliphatic hydroxyl groups excluding tert-OH is 2. The van der Waals surface area contributed by atoms with Crippen LogP contribution in [0.25, 0.3) is 0 Å². The average molecular weight is 296 g/mol. The molecule has 1 aliphatic heterocycles. The number of aromatic nitrogens is 2. The summed E-state index contributed by atoms with van der Waals surface area (Å²) in [6, 6.07) is 0. The van der Waals surface area contributed by atoms with Crippen LogP contribution in [0.3, 0.4) is 0 Å². The van der Waals surface area contributed by atoms with E-state index in [0.717, 1.165) is 0 Å². The number of rotatable bonds is 2. The molecule has 0 spiro atoms. The summed E-state index contributed by atoms with van der Waals surface area (Å²) >= 11 is 0. The standard InChI is InChI=1S/C10H11F3N2O5/c11-10(12,13)4-2-15(9(19)14-8(4)18)7-1-5(17)6(3-16)20-7/h2,5-7,16-17H,1,3H2,(H,14,18,19)/t5-,6+,7+/m1/s1. The van der Waals surface area contributed by atoms with Crippen molar-refractivity contribution in [2.45, 2.75) is 31.0 Å². The molecular formula is C10H11F3N2O5. The van der Waals surface area contributed by atoms with Crippen LogP contribution in [0, 0.1) is 0 Å². The maximum atomic E-state index is 12.6. The van der Waals surface area contributed by atoms with Gasteiger partial charge in [0.05, 0.1) is 12.7 Å². The molecule has 1 fully saturated rings. The molecule has 20 heavy (non-hydrogen) atoms. The van der Waals surface area contributed by atoms with Crippen molar-refractivity contribution in [3.05, 3.63) is 32.6 Å². The number of H-pyrrole nitrogens is 1. The predicted octanol–water partition coefficient (Wildman–Crippen LogP) is -0.804. The first-order valence-electron chi connectivity index (χ1n) is 5.61. The highest BCUT2D eigenvalue weighted by Gasteiger charge is 2.38. The molecule has 0 unspecified atom stereocenters. The first kappa shape index (κ1) is 14.8. The van der Waals surface area contributed by atoms with Crippen LogP contribution in [0.15, 0.2) is 15.8 Å².